The Morgan fingerprint density at radius 1 is 1.11 bits per heavy atom. The van der Waals surface area contributed by atoms with E-state index in [0.29, 0.717) is 56.7 Å². The van der Waals surface area contributed by atoms with E-state index in [2.05, 4.69) is 5.09 Å². The number of aliphatic hydroxyl groups is 1. The van der Waals surface area contributed by atoms with Crippen molar-refractivity contribution in [3.05, 3.63) is 0 Å². The zero-order valence-electron chi connectivity index (χ0n) is 10.9. The first-order chi connectivity index (χ1) is 9.14. The molecule has 0 aromatic carbocycles. The van der Waals surface area contributed by atoms with Gasteiger partial charge in [-0.05, 0) is 12.8 Å². The molecule has 0 aliphatic carbocycles. The van der Waals surface area contributed by atoms with E-state index in [9.17, 15) is 4.57 Å². The Kier molecular flexibility index (Phi) is 13.3. The molecule has 0 aliphatic rings. The highest BCUT2D eigenvalue weighted by molar-refractivity contribution is 7.54. The topological polar surface area (TPSA) is 61.8 Å². The quantitative estimate of drug-likeness (QED) is 0.302. The third-order valence-corrected chi connectivity index (χ3v) is 5.15. The Balaban J connectivity index is 4.61. The molecule has 0 rings (SSSR count). The Bertz CT molecular complexity index is 242. The maximum atomic E-state index is 12.8. The van der Waals surface area contributed by atoms with E-state index < -0.39 is 7.67 Å². The van der Waals surface area contributed by atoms with Crippen LogP contribution in [0.3, 0.4) is 0 Å². The van der Waals surface area contributed by atoms with Crippen molar-refractivity contribution in [1.29, 1.82) is 0 Å². The van der Waals surface area contributed by atoms with Crippen molar-refractivity contribution in [3.63, 3.8) is 0 Å². The number of aliphatic hydroxyl groups excluding tert-OH is 1. The van der Waals surface area contributed by atoms with E-state index in [1.54, 1.807) is 4.67 Å². The lowest BCUT2D eigenvalue weighted by atomic mass is 10.5. The van der Waals surface area contributed by atoms with Gasteiger partial charge in [0.25, 0.3) is 0 Å². The van der Waals surface area contributed by atoms with E-state index in [1.807, 2.05) is 0 Å². The molecule has 0 aromatic heterocycles. The maximum absolute atomic E-state index is 12.8. The summed E-state index contributed by atoms with van der Waals surface area (Å²) in [6, 6.07) is 0. The van der Waals surface area contributed by atoms with E-state index in [1.165, 1.54) is 0 Å². The van der Waals surface area contributed by atoms with Crippen LogP contribution in [0.1, 0.15) is 12.8 Å². The zero-order chi connectivity index (χ0) is 14.6. The predicted molar refractivity (Wildman–Crippen MR) is 81.6 cm³/mol. The normalized spacial score (nSPS) is 14.8. The van der Waals surface area contributed by atoms with Crippen molar-refractivity contribution in [2.45, 2.75) is 12.8 Å². The van der Waals surface area contributed by atoms with E-state index in [0.717, 1.165) is 0 Å². The minimum atomic E-state index is -3.18. The van der Waals surface area contributed by atoms with Gasteiger partial charge >= 0.3 is 7.67 Å². The van der Waals surface area contributed by atoms with E-state index in [4.69, 9.17) is 44.4 Å². The molecule has 19 heavy (non-hydrogen) atoms. The molecule has 116 valence electrons. The summed E-state index contributed by atoms with van der Waals surface area (Å²) in [4.78, 5) is 0. The van der Waals surface area contributed by atoms with Crippen LogP contribution in [0, 0.1) is 0 Å². The van der Waals surface area contributed by atoms with Crippen molar-refractivity contribution >= 4 is 42.5 Å². The minimum absolute atomic E-state index is 0.0275. The maximum Gasteiger partial charge on any atom is 0.343 e. The summed E-state index contributed by atoms with van der Waals surface area (Å²) in [6.45, 7) is 1.56. The first-order valence-corrected chi connectivity index (χ1v) is 9.36. The second-order valence-electron chi connectivity index (χ2n) is 3.71. The van der Waals surface area contributed by atoms with Crippen molar-refractivity contribution in [2.24, 2.45) is 0 Å². The minimum Gasteiger partial charge on any atom is -0.396 e. The molecule has 5 nitrogen and oxygen atoms in total. The van der Waals surface area contributed by atoms with Crippen LogP contribution in [0.5, 0.6) is 0 Å². The van der Waals surface area contributed by atoms with Crippen LogP contribution in [-0.2, 0) is 9.09 Å². The third kappa shape index (κ3) is 8.74. The molecular formula is C10H22Cl3N2O3P. The van der Waals surface area contributed by atoms with Crippen LogP contribution in [0.15, 0.2) is 0 Å². The lowest BCUT2D eigenvalue weighted by molar-refractivity contribution is 0.252. The molecule has 0 aromatic rings. The SMILES string of the molecule is O=P(NCCCO)(OCCCCl)N(CCCl)CCCl. The molecule has 0 heterocycles. The second kappa shape index (κ2) is 12.7. The van der Waals surface area contributed by atoms with Gasteiger partial charge in [0.05, 0.1) is 6.61 Å². The number of hydrogen-bond acceptors (Lipinski definition) is 3. The van der Waals surface area contributed by atoms with Crippen molar-refractivity contribution in [3.8, 4) is 0 Å². The fraction of sp³-hybridized carbons (Fsp3) is 1.00. The number of alkyl halides is 3. The number of nitrogens with one attached hydrogen (secondary N) is 1. The van der Waals surface area contributed by atoms with Crippen LogP contribution in [0.2, 0.25) is 0 Å². The van der Waals surface area contributed by atoms with Gasteiger partial charge in [0.1, 0.15) is 0 Å². The van der Waals surface area contributed by atoms with Crippen LogP contribution >= 0.6 is 42.5 Å². The summed E-state index contributed by atoms with van der Waals surface area (Å²) in [5, 5.41) is 11.6. The number of hydrogen-bond donors (Lipinski definition) is 2. The predicted octanol–water partition coefficient (Wildman–Crippen LogP) is 2.49. The third-order valence-electron chi connectivity index (χ3n) is 2.25. The smallest absolute Gasteiger partial charge is 0.343 e. The molecule has 0 saturated heterocycles. The van der Waals surface area contributed by atoms with Crippen LogP contribution in [-0.4, -0.2) is 60.3 Å². The average Bonchev–Trinajstić information content (AvgIpc) is 2.39. The van der Waals surface area contributed by atoms with Crippen LogP contribution < -0.4 is 5.09 Å². The van der Waals surface area contributed by atoms with Gasteiger partial charge < -0.3 is 9.63 Å². The largest absolute Gasteiger partial charge is 0.396 e. The van der Waals surface area contributed by atoms with Gasteiger partial charge in [-0.1, -0.05) is 0 Å². The molecule has 0 aliphatic heterocycles. The van der Waals surface area contributed by atoms with Gasteiger partial charge in [0, 0.05) is 43.9 Å². The highest BCUT2D eigenvalue weighted by Crippen LogP contribution is 2.46. The molecule has 0 amide bonds. The molecule has 1 atom stereocenters. The summed E-state index contributed by atoms with van der Waals surface area (Å²) in [5.74, 6) is 1.12. The van der Waals surface area contributed by atoms with Gasteiger partial charge in [-0.3, -0.25) is 4.57 Å². The number of nitrogens with zero attached hydrogens (tertiary/aromatic N) is 1. The summed E-state index contributed by atoms with van der Waals surface area (Å²) in [6.07, 6.45) is 1.11. The summed E-state index contributed by atoms with van der Waals surface area (Å²) in [7, 11) is -3.18. The summed E-state index contributed by atoms with van der Waals surface area (Å²) >= 11 is 17.0. The Morgan fingerprint density at radius 3 is 2.21 bits per heavy atom. The first kappa shape index (κ1) is 19.9. The zero-order valence-corrected chi connectivity index (χ0v) is 14.0. The van der Waals surface area contributed by atoms with Gasteiger partial charge in [0.2, 0.25) is 0 Å². The molecule has 2 N–H and O–H groups in total. The Hall–Kier alpha value is 0.940. The van der Waals surface area contributed by atoms with E-state index in [-0.39, 0.29) is 6.61 Å². The molecular weight excluding hydrogens is 333 g/mol. The molecule has 0 fully saturated rings. The monoisotopic (exact) mass is 354 g/mol. The highest BCUT2D eigenvalue weighted by atomic mass is 35.5. The Labute approximate surface area is 130 Å². The molecule has 1 unspecified atom stereocenters. The second-order valence-corrected chi connectivity index (χ2v) is 7.03. The van der Waals surface area contributed by atoms with Crippen molar-refractivity contribution < 1.29 is 14.2 Å². The standard InChI is InChI=1S/C10H22Cl3N2O3P/c11-3-1-10-18-19(17,14-6-2-9-16)15(7-4-12)8-5-13/h16H,1-10H2,(H,14,17). The fourth-order valence-corrected chi connectivity index (χ4v) is 4.09. The number of halogens is 3. The lowest BCUT2D eigenvalue weighted by Gasteiger charge is -2.30. The van der Waals surface area contributed by atoms with Crippen LogP contribution in [0.4, 0.5) is 0 Å². The van der Waals surface area contributed by atoms with Gasteiger partial charge in [-0.2, -0.15) is 0 Å². The first-order valence-electron chi connectivity index (χ1n) is 6.18. The fourth-order valence-electron chi connectivity index (χ4n) is 1.34. The summed E-state index contributed by atoms with van der Waals surface area (Å²) < 4.78 is 19.9. The van der Waals surface area contributed by atoms with E-state index >= 15 is 0 Å². The van der Waals surface area contributed by atoms with Crippen LogP contribution in [0.25, 0.3) is 0 Å². The van der Waals surface area contributed by atoms with Crippen molar-refractivity contribution in [1.82, 2.24) is 9.76 Å². The molecule has 0 spiro atoms. The van der Waals surface area contributed by atoms with Crippen molar-refractivity contribution in [2.75, 3.05) is 50.5 Å². The van der Waals surface area contributed by atoms with Gasteiger partial charge in [-0.15, -0.1) is 34.8 Å². The number of rotatable bonds is 13. The molecule has 9 heteroatoms. The average molecular weight is 356 g/mol. The molecule has 0 radical (unpaired) electrons. The van der Waals surface area contributed by atoms with Gasteiger partial charge in [0.15, 0.2) is 0 Å². The Morgan fingerprint density at radius 2 is 1.74 bits per heavy atom. The highest BCUT2D eigenvalue weighted by Gasteiger charge is 2.30. The molecule has 0 saturated carbocycles. The van der Waals surface area contributed by atoms with Gasteiger partial charge in [-0.25, -0.2) is 9.76 Å². The lowest BCUT2D eigenvalue weighted by Crippen LogP contribution is -2.33. The molecule has 0 bridgehead atoms. The summed E-state index contributed by atoms with van der Waals surface area (Å²) in [5.41, 5.74) is 0.